The summed E-state index contributed by atoms with van der Waals surface area (Å²) >= 11 is 0. The molecule has 0 bridgehead atoms. The second kappa shape index (κ2) is 14.0. The number of nitrogens with one attached hydrogen (secondary N) is 3. The summed E-state index contributed by atoms with van der Waals surface area (Å²) in [6.45, 7) is 2.65. The number of likely N-dealkylation sites (N-methyl/N-ethyl adjacent to an activating group) is 1. The third-order valence-corrected chi connectivity index (χ3v) is 7.40. The van der Waals surface area contributed by atoms with Crippen molar-refractivity contribution in [2.24, 2.45) is 5.10 Å². The number of anilines is 1. The van der Waals surface area contributed by atoms with Crippen LogP contribution in [0.4, 0.5) is 5.69 Å². The third kappa shape index (κ3) is 9.03. The van der Waals surface area contributed by atoms with Gasteiger partial charge < -0.3 is 15.4 Å². The first-order valence-corrected chi connectivity index (χ1v) is 13.7. The van der Waals surface area contributed by atoms with E-state index in [0.29, 0.717) is 17.0 Å². The Morgan fingerprint density at radius 1 is 0.950 bits per heavy atom. The molecule has 210 valence electrons. The van der Waals surface area contributed by atoms with Gasteiger partial charge in [0.05, 0.1) is 23.7 Å². The van der Waals surface area contributed by atoms with Crippen LogP contribution in [-0.2, 0) is 24.4 Å². The van der Waals surface area contributed by atoms with Crippen molar-refractivity contribution in [3.8, 4) is 5.75 Å². The van der Waals surface area contributed by atoms with Gasteiger partial charge in [0, 0.05) is 19.7 Å². The van der Waals surface area contributed by atoms with Gasteiger partial charge in [-0.2, -0.15) is 9.41 Å². The van der Waals surface area contributed by atoms with Crippen LogP contribution in [0, 0.1) is 0 Å². The van der Waals surface area contributed by atoms with E-state index in [-0.39, 0.29) is 29.4 Å². The van der Waals surface area contributed by atoms with Crippen LogP contribution in [0.2, 0.25) is 0 Å². The van der Waals surface area contributed by atoms with Gasteiger partial charge in [-0.15, -0.1) is 0 Å². The second-order valence-electron chi connectivity index (χ2n) is 8.82. The lowest BCUT2D eigenvalue weighted by molar-refractivity contribution is -0.124. The van der Waals surface area contributed by atoms with E-state index < -0.39 is 22.5 Å². The Balaban J connectivity index is 1.44. The van der Waals surface area contributed by atoms with Gasteiger partial charge in [-0.3, -0.25) is 14.4 Å². The first-order valence-electron chi connectivity index (χ1n) is 12.3. The van der Waals surface area contributed by atoms with Gasteiger partial charge >= 0.3 is 0 Å². The van der Waals surface area contributed by atoms with E-state index in [1.807, 2.05) is 37.3 Å². The van der Waals surface area contributed by atoms with Crippen LogP contribution in [0.15, 0.2) is 88.9 Å². The van der Waals surface area contributed by atoms with E-state index in [1.165, 1.54) is 44.5 Å². The van der Waals surface area contributed by atoms with E-state index in [9.17, 15) is 22.8 Å². The minimum absolute atomic E-state index is 0.0223. The number of amides is 3. The summed E-state index contributed by atoms with van der Waals surface area (Å²) in [7, 11) is -2.65. The van der Waals surface area contributed by atoms with Crippen LogP contribution in [0.5, 0.6) is 5.75 Å². The van der Waals surface area contributed by atoms with Crippen LogP contribution in [0.25, 0.3) is 0 Å². The molecule has 0 radical (unpaired) electrons. The zero-order chi connectivity index (χ0) is 29.1. The van der Waals surface area contributed by atoms with Crippen LogP contribution < -0.4 is 20.8 Å². The molecule has 0 aromatic heterocycles. The molecule has 40 heavy (non-hydrogen) atoms. The van der Waals surface area contributed by atoms with Gasteiger partial charge in [-0.05, 0) is 66.6 Å². The number of nitrogens with zero attached hydrogens (tertiary/aromatic N) is 2. The average molecular weight is 566 g/mol. The predicted octanol–water partition coefficient (Wildman–Crippen LogP) is 2.67. The summed E-state index contributed by atoms with van der Waals surface area (Å²) < 4.78 is 31.9. The number of hydrogen-bond donors (Lipinski definition) is 3. The Hall–Kier alpha value is -4.55. The SMILES string of the molecule is CC(=O)Nc1ccc(S(=O)(=O)N(C)CC(=O)N/N=C/c2ccc(OCC(=O)NC(C)c3ccccc3)cc2)cc1. The lowest BCUT2D eigenvalue weighted by Crippen LogP contribution is -2.36. The summed E-state index contributed by atoms with van der Waals surface area (Å²) in [5.41, 5.74) is 4.40. The predicted molar refractivity (Wildman–Crippen MR) is 151 cm³/mol. The minimum atomic E-state index is -3.93. The molecule has 1 unspecified atom stereocenters. The molecule has 3 rings (SSSR count). The third-order valence-electron chi connectivity index (χ3n) is 5.58. The van der Waals surface area contributed by atoms with Crippen molar-refractivity contribution in [1.82, 2.24) is 15.0 Å². The smallest absolute Gasteiger partial charge is 0.258 e. The topological polar surface area (TPSA) is 146 Å². The van der Waals surface area contributed by atoms with Crippen LogP contribution in [0.1, 0.15) is 31.0 Å². The molecule has 0 saturated heterocycles. The number of hydrazone groups is 1. The Labute approximate surface area is 233 Å². The zero-order valence-electron chi connectivity index (χ0n) is 22.3. The lowest BCUT2D eigenvalue weighted by Gasteiger charge is -2.16. The number of ether oxygens (including phenoxy) is 1. The van der Waals surface area contributed by atoms with Gasteiger partial charge in [0.2, 0.25) is 15.9 Å². The lowest BCUT2D eigenvalue weighted by atomic mass is 10.1. The van der Waals surface area contributed by atoms with E-state index in [2.05, 4.69) is 21.2 Å². The largest absolute Gasteiger partial charge is 0.484 e. The summed E-state index contributed by atoms with van der Waals surface area (Å²) in [5, 5.41) is 9.30. The molecule has 12 heteroatoms. The van der Waals surface area contributed by atoms with Crippen LogP contribution in [0.3, 0.4) is 0 Å². The molecule has 0 aliphatic carbocycles. The molecule has 3 aromatic carbocycles. The Kier molecular flexibility index (Phi) is 10.5. The molecular weight excluding hydrogens is 534 g/mol. The molecule has 0 aliphatic rings. The molecular formula is C28H31N5O6S. The van der Waals surface area contributed by atoms with Crippen molar-refractivity contribution in [1.29, 1.82) is 0 Å². The van der Waals surface area contributed by atoms with Gasteiger partial charge in [0.15, 0.2) is 6.61 Å². The Bertz CT molecular complexity index is 1440. The number of carbonyl (C=O) groups excluding carboxylic acids is 3. The molecule has 0 aliphatic heterocycles. The summed E-state index contributed by atoms with van der Waals surface area (Å²) in [6.07, 6.45) is 1.39. The molecule has 3 N–H and O–H groups in total. The standard InChI is InChI=1S/C28H31N5O6S/c1-20(23-7-5-4-6-8-23)30-28(36)19-39-25-13-9-22(10-14-25)17-29-32-27(35)18-33(3)40(37,38)26-15-11-24(12-16-26)31-21(2)34/h4-17,20H,18-19H2,1-3H3,(H,30,36)(H,31,34)(H,32,35)/b29-17+. The van der Waals surface area contributed by atoms with Crippen molar-refractivity contribution in [3.05, 3.63) is 90.0 Å². The highest BCUT2D eigenvalue weighted by molar-refractivity contribution is 7.89. The minimum Gasteiger partial charge on any atom is -0.484 e. The van der Waals surface area contributed by atoms with Gasteiger partial charge in [-0.1, -0.05) is 30.3 Å². The number of benzene rings is 3. The molecule has 11 nitrogen and oxygen atoms in total. The number of hydrogen-bond acceptors (Lipinski definition) is 7. The van der Waals surface area contributed by atoms with Crippen molar-refractivity contribution < 1.29 is 27.5 Å². The van der Waals surface area contributed by atoms with Crippen molar-refractivity contribution in [3.63, 3.8) is 0 Å². The average Bonchev–Trinajstić information content (AvgIpc) is 2.93. The van der Waals surface area contributed by atoms with E-state index in [1.54, 1.807) is 24.3 Å². The van der Waals surface area contributed by atoms with Crippen molar-refractivity contribution in [2.45, 2.75) is 24.8 Å². The molecule has 0 spiro atoms. The molecule has 3 amide bonds. The monoisotopic (exact) mass is 565 g/mol. The zero-order valence-corrected chi connectivity index (χ0v) is 23.1. The van der Waals surface area contributed by atoms with Gasteiger partial charge in [-0.25, -0.2) is 13.8 Å². The maximum Gasteiger partial charge on any atom is 0.258 e. The molecule has 1 atom stereocenters. The van der Waals surface area contributed by atoms with E-state index >= 15 is 0 Å². The fraction of sp³-hybridized carbons (Fsp3) is 0.214. The summed E-state index contributed by atoms with van der Waals surface area (Å²) in [5.74, 6) is -0.671. The van der Waals surface area contributed by atoms with E-state index in [0.717, 1.165) is 9.87 Å². The maximum absolute atomic E-state index is 12.7. The second-order valence-corrected chi connectivity index (χ2v) is 10.9. The molecule has 3 aromatic rings. The summed E-state index contributed by atoms with van der Waals surface area (Å²) in [4.78, 5) is 35.5. The highest BCUT2D eigenvalue weighted by atomic mass is 32.2. The van der Waals surface area contributed by atoms with Crippen molar-refractivity contribution >= 4 is 39.6 Å². The first kappa shape index (κ1) is 30.0. The summed E-state index contributed by atoms with van der Waals surface area (Å²) in [6, 6.07) is 21.8. The molecule has 0 heterocycles. The number of rotatable bonds is 12. The molecule has 0 saturated carbocycles. The fourth-order valence-corrected chi connectivity index (χ4v) is 4.63. The highest BCUT2D eigenvalue weighted by Crippen LogP contribution is 2.17. The van der Waals surface area contributed by atoms with Gasteiger partial charge in [0.25, 0.3) is 11.8 Å². The quantitative estimate of drug-likeness (QED) is 0.227. The number of carbonyl (C=O) groups is 3. The first-order chi connectivity index (χ1) is 19.0. The fourth-order valence-electron chi connectivity index (χ4n) is 3.50. The Morgan fingerprint density at radius 2 is 1.60 bits per heavy atom. The molecule has 0 fully saturated rings. The van der Waals surface area contributed by atoms with Gasteiger partial charge in [0.1, 0.15) is 5.75 Å². The van der Waals surface area contributed by atoms with Crippen molar-refractivity contribution in [2.75, 3.05) is 25.5 Å². The number of sulfonamides is 1. The highest BCUT2D eigenvalue weighted by Gasteiger charge is 2.23. The van der Waals surface area contributed by atoms with Crippen LogP contribution >= 0.6 is 0 Å². The Morgan fingerprint density at radius 3 is 2.23 bits per heavy atom. The maximum atomic E-state index is 12.7. The normalized spacial score (nSPS) is 12.1. The van der Waals surface area contributed by atoms with E-state index in [4.69, 9.17) is 4.74 Å². The van der Waals surface area contributed by atoms with Crippen LogP contribution in [-0.4, -0.2) is 56.9 Å².